The molecule has 0 aliphatic rings. The lowest BCUT2D eigenvalue weighted by atomic mass is 10.2. The Kier molecular flexibility index (Phi) is 4.69. The monoisotopic (exact) mass is 357 g/mol. The summed E-state index contributed by atoms with van der Waals surface area (Å²) in [6, 6.07) is 7.34. The molecule has 2 aromatic rings. The molecule has 1 heterocycles. The Bertz CT molecular complexity index is 668. The zero-order valence-electron chi connectivity index (χ0n) is 10.5. The number of benzene rings is 1. The lowest BCUT2D eigenvalue weighted by molar-refractivity contribution is -0.0493. The molecule has 0 saturated carbocycles. The number of pyridine rings is 1. The van der Waals surface area contributed by atoms with E-state index in [-0.39, 0.29) is 22.8 Å². The molecule has 1 amide bonds. The average Bonchev–Trinajstić information content (AvgIpc) is 2.43. The molecule has 8 heteroatoms. The van der Waals surface area contributed by atoms with E-state index in [1.807, 2.05) is 0 Å². The summed E-state index contributed by atoms with van der Waals surface area (Å²) in [6.07, 6.45) is 1.44. The number of hydrogen-bond donors (Lipinski definition) is 2. The zero-order chi connectivity index (χ0) is 15.4. The Morgan fingerprint density at radius 3 is 2.81 bits per heavy atom. The van der Waals surface area contributed by atoms with Gasteiger partial charge in [0.1, 0.15) is 11.6 Å². The van der Waals surface area contributed by atoms with E-state index in [0.29, 0.717) is 4.47 Å². The molecule has 3 N–H and O–H groups in total. The first-order valence-electron chi connectivity index (χ1n) is 5.73. The second-order valence-electron chi connectivity index (χ2n) is 3.92. The summed E-state index contributed by atoms with van der Waals surface area (Å²) < 4.78 is 29.5. The number of para-hydroxylation sites is 2. The van der Waals surface area contributed by atoms with Gasteiger partial charge >= 0.3 is 6.61 Å². The predicted octanol–water partition coefficient (Wildman–Crippen LogP) is 3.28. The first kappa shape index (κ1) is 15.2. The third kappa shape index (κ3) is 3.88. The van der Waals surface area contributed by atoms with Crippen LogP contribution in [0.25, 0.3) is 0 Å². The number of carbonyl (C=O) groups is 1. The number of aromatic nitrogens is 1. The minimum Gasteiger partial charge on any atom is -0.433 e. The number of alkyl halides is 2. The molecule has 5 nitrogen and oxygen atoms in total. The van der Waals surface area contributed by atoms with Crippen molar-refractivity contribution < 1.29 is 18.3 Å². The molecule has 0 fully saturated rings. The maximum atomic E-state index is 12.3. The molecule has 0 aliphatic carbocycles. The SMILES string of the molecule is Nc1ncc(Br)cc1C(=O)Nc1ccccc1OC(F)F. The maximum absolute atomic E-state index is 12.3. The van der Waals surface area contributed by atoms with E-state index in [1.54, 1.807) is 6.07 Å². The fourth-order valence-corrected chi connectivity index (χ4v) is 1.92. The van der Waals surface area contributed by atoms with Gasteiger partial charge in [0.15, 0.2) is 0 Å². The van der Waals surface area contributed by atoms with Gasteiger partial charge in [-0.3, -0.25) is 4.79 Å². The summed E-state index contributed by atoms with van der Waals surface area (Å²) in [7, 11) is 0. The van der Waals surface area contributed by atoms with Crippen molar-refractivity contribution in [3.63, 3.8) is 0 Å². The number of nitrogen functional groups attached to an aromatic ring is 1. The zero-order valence-corrected chi connectivity index (χ0v) is 12.1. The van der Waals surface area contributed by atoms with E-state index in [4.69, 9.17) is 5.73 Å². The largest absolute Gasteiger partial charge is 0.433 e. The first-order chi connectivity index (χ1) is 9.97. The van der Waals surface area contributed by atoms with Crippen molar-refractivity contribution >= 4 is 33.3 Å². The van der Waals surface area contributed by atoms with Gasteiger partial charge in [-0.25, -0.2) is 4.98 Å². The van der Waals surface area contributed by atoms with Crippen LogP contribution in [0.1, 0.15) is 10.4 Å². The quantitative estimate of drug-likeness (QED) is 0.880. The van der Waals surface area contributed by atoms with Crippen LogP contribution in [0.2, 0.25) is 0 Å². The molecular weight excluding hydrogens is 348 g/mol. The van der Waals surface area contributed by atoms with Gasteiger partial charge in [0.2, 0.25) is 0 Å². The third-order valence-corrected chi connectivity index (χ3v) is 2.91. The normalized spacial score (nSPS) is 10.5. The van der Waals surface area contributed by atoms with Crippen molar-refractivity contribution in [1.82, 2.24) is 4.98 Å². The summed E-state index contributed by atoms with van der Waals surface area (Å²) in [5, 5.41) is 2.46. The molecule has 2 rings (SSSR count). The molecule has 1 aromatic heterocycles. The molecule has 110 valence electrons. The van der Waals surface area contributed by atoms with Gasteiger partial charge in [0, 0.05) is 10.7 Å². The molecule has 21 heavy (non-hydrogen) atoms. The number of nitrogens with zero attached hydrogens (tertiary/aromatic N) is 1. The van der Waals surface area contributed by atoms with E-state index in [2.05, 4.69) is 31.0 Å². The molecule has 0 atom stereocenters. The van der Waals surface area contributed by atoms with Crippen LogP contribution < -0.4 is 15.8 Å². The van der Waals surface area contributed by atoms with Crippen LogP contribution in [0.4, 0.5) is 20.3 Å². The van der Waals surface area contributed by atoms with Crippen molar-refractivity contribution in [1.29, 1.82) is 0 Å². The highest BCUT2D eigenvalue weighted by Gasteiger charge is 2.15. The summed E-state index contributed by atoms with van der Waals surface area (Å²) in [6.45, 7) is -2.99. The van der Waals surface area contributed by atoms with E-state index < -0.39 is 12.5 Å². The number of ether oxygens (including phenoxy) is 1. The fraction of sp³-hybridized carbons (Fsp3) is 0.0769. The minimum atomic E-state index is -2.99. The lowest BCUT2D eigenvalue weighted by Crippen LogP contribution is -2.16. The van der Waals surface area contributed by atoms with Gasteiger partial charge in [0.05, 0.1) is 11.3 Å². The smallest absolute Gasteiger partial charge is 0.387 e. The highest BCUT2D eigenvalue weighted by atomic mass is 79.9. The fourth-order valence-electron chi connectivity index (χ4n) is 1.59. The highest BCUT2D eigenvalue weighted by Crippen LogP contribution is 2.26. The first-order valence-corrected chi connectivity index (χ1v) is 6.53. The van der Waals surface area contributed by atoms with Crippen LogP contribution in [-0.4, -0.2) is 17.5 Å². The molecule has 0 aliphatic heterocycles. The van der Waals surface area contributed by atoms with Crippen LogP contribution >= 0.6 is 15.9 Å². The van der Waals surface area contributed by atoms with Crippen molar-refractivity contribution in [2.24, 2.45) is 0 Å². The van der Waals surface area contributed by atoms with E-state index >= 15 is 0 Å². The van der Waals surface area contributed by atoms with E-state index in [9.17, 15) is 13.6 Å². The van der Waals surface area contributed by atoms with Crippen LogP contribution in [0.5, 0.6) is 5.75 Å². The second kappa shape index (κ2) is 6.49. The number of nitrogens with one attached hydrogen (secondary N) is 1. The van der Waals surface area contributed by atoms with Crippen molar-refractivity contribution in [3.8, 4) is 5.75 Å². The van der Waals surface area contributed by atoms with E-state index in [1.165, 1.54) is 30.5 Å². The Hall–Kier alpha value is -2.22. The van der Waals surface area contributed by atoms with Crippen LogP contribution in [0, 0.1) is 0 Å². The lowest BCUT2D eigenvalue weighted by Gasteiger charge is -2.12. The molecule has 0 unspecified atom stereocenters. The van der Waals surface area contributed by atoms with Gasteiger partial charge in [0.25, 0.3) is 5.91 Å². The van der Waals surface area contributed by atoms with Gasteiger partial charge in [-0.2, -0.15) is 8.78 Å². The molecule has 0 radical (unpaired) electrons. The van der Waals surface area contributed by atoms with Gasteiger partial charge in [-0.1, -0.05) is 12.1 Å². The summed E-state index contributed by atoms with van der Waals surface area (Å²) in [4.78, 5) is 16.0. The molecule has 0 saturated heterocycles. The predicted molar refractivity (Wildman–Crippen MR) is 77.4 cm³/mol. The van der Waals surface area contributed by atoms with Crippen molar-refractivity contribution in [3.05, 3.63) is 46.6 Å². The summed E-state index contributed by atoms with van der Waals surface area (Å²) >= 11 is 3.18. The van der Waals surface area contributed by atoms with Gasteiger partial charge in [-0.15, -0.1) is 0 Å². The topological polar surface area (TPSA) is 77.2 Å². The van der Waals surface area contributed by atoms with Crippen molar-refractivity contribution in [2.75, 3.05) is 11.1 Å². The Balaban J connectivity index is 2.25. The standard InChI is InChI=1S/C13H10BrF2N3O2/c14-7-5-8(11(17)18-6-7)12(20)19-9-3-1-2-4-10(9)21-13(15)16/h1-6,13H,(H2,17,18)(H,19,20). The number of halogens is 3. The highest BCUT2D eigenvalue weighted by molar-refractivity contribution is 9.10. The maximum Gasteiger partial charge on any atom is 0.387 e. The number of amides is 1. The number of rotatable bonds is 4. The molecular formula is C13H10BrF2N3O2. The second-order valence-corrected chi connectivity index (χ2v) is 4.83. The number of nitrogens with two attached hydrogens (primary N) is 1. The molecule has 0 bridgehead atoms. The minimum absolute atomic E-state index is 0.0305. The van der Waals surface area contributed by atoms with Crippen LogP contribution in [0.3, 0.4) is 0 Å². The van der Waals surface area contributed by atoms with Crippen molar-refractivity contribution in [2.45, 2.75) is 6.61 Å². The van der Waals surface area contributed by atoms with Crippen LogP contribution in [-0.2, 0) is 0 Å². The molecule has 1 aromatic carbocycles. The Morgan fingerprint density at radius 2 is 2.10 bits per heavy atom. The Labute approximate surface area is 127 Å². The number of hydrogen-bond acceptors (Lipinski definition) is 4. The van der Waals surface area contributed by atoms with Gasteiger partial charge in [-0.05, 0) is 34.1 Å². The van der Waals surface area contributed by atoms with Gasteiger partial charge < -0.3 is 15.8 Å². The number of anilines is 2. The third-order valence-electron chi connectivity index (χ3n) is 2.48. The summed E-state index contributed by atoms with van der Waals surface area (Å²) in [5.41, 5.74) is 5.85. The molecule has 0 spiro atoms. The van der Waals surface area contributed by atoms with Crippen LogP contribution in [0.15, 0.2) is 41.0 Å². The number of carbonyl (C=O) groups excluding carboxylic acids is 1. The average molecular weight is 358 g/mol. The Morgan fingerprint density at radius 1 is 1.38 bits per heavy atom. The van der Waals surface area contributed by atoms with E-state index in [0.717, 1.165) is 0 Å². The summed E-state index contributed by atoms with van der Waals surface area (Å²) in [5.74, 6) is -0.683.